The number of hydrogen-bond acceptors (Lipinski definition) is 3. The molecule has 0 fully saturated rings. The van der Waals surface area contributed by atoms with Crippen molar-refractivity contribution in [2.45, 2.75) is 6.42 Å². The van der Waals surface area contributed by atoms with Crippen LogP contribution < -0.4 is 4.74 Å². The standard InChI is InChI=1S/C21H17NOS/c1-23-19-14-20-18(13-17(19)12-15-8-4-2-5-9-15)22-21(24-20)16-10-6-3-7-11-16/h2-11,13-14H,12H2,1H3. The van der Waals surface area contributed by atoms with Crippen molar-refractivity contribution in [1.82, 2.24) is 4.98 Å². The van der Waals surface area contributed by atoms with Gasteiger partial charge in [-0.05, 0) is 17.7 Å². The van der Waals surface area contributed by atoms with Crippen LogP contribution in [0.2, 0.25) is 0 Å². The topological polar surface area (TPSA) is 22.1 Å². The molecule has 3 heteroatoms. The van der Waals surface area contributed by atoms with E-state index in [9.17, 15) is 0 Å². The molecule has 0 aliphatic heterocycles. The molecule has 0 aliphatic rings. The van der Waals surface area contributed by atoms with Crippen molar-refractivity contribution in [3.63, 3.8) is 0 Å². The molecule has 0 N–H and O–H groups in total. The monoisotopic (exact) mass is 331 g/mol. The second kappa shape index (κ2) is 6.46. The Bertz CT molecular complexity index is 961. The molecule has 0 aliphatic carbocycles. The number of nitrogens with zero attached hydrogens (tertiary/aromatic N) is 1. The van der Waals surface area contributed by atoms with Gasteiger partial charge in [-0.3, -0.25) is 0 Å². The lowest BCUT2D eigenvalue weighted by Gasteiger charge is -2.08. The van der Waals surface area contributed by atoms with Crippen LogP contribution in [0.15, 0.2) is 72.8 Å². The van der Waals surface area contributed by atoms with Crippen molar-refractivity contribution in [2.24, 2.45) is 0 Å². The van der Waals surface area contributed by atoms with Gasteiger partial charge in [0.05, 0.1) is 17.3 Å². The van der Waals surface area contributed by atoms with Crippen molar-refractivity contribution in [3.05, 3.63) is 83.9 Å². The summed E-state index contributed by atoms with van der Waals surface area (Å²) in [5, 5.41) is 1.05. The zero-order valence-electron chi connectivity index (χ0n) is 13.4. The van der Waals surface area contributed by atoms with Crippen LogP contribution in [0.3, 0.4) is 0 Å². The molecule has 1 aromatic heterocycles. The van der Waals surface area contributed by atoms with Crippen LogP contribution in [-0.4, -0.2) is 12.1 Å². The van der Waals surface area contributed by atoms with E-state index in [0.717, 1.165) is 33.0 Å². The first kappa shape index (κ1) is 14.9. The summed E-state index contributed by atoms with van der Waals surface area (Å²) in [6.07, 6.45) is 0.845. The first-order valence-electron chi connectivity index (χ1n) is 7.90. The maximum Gasteiger partial charge on any atom is 0.124 e. The van der Waals surface area contributed by atoms with Crippen LogP contribution in [0.25, 0.3) is 20.8 Å². The number of methoxy groups -OCH3 is 1. The van der Waals surface area contributed by atoms with Gasteiger partial charge in [0.15, 0.2) is 0 Å². The predicted octanol–water partition coefficient (Wildman–Crippen LogP) is 5.56. The number of rotatable bonds is 4. The first-order chi connectivity index (χ1) is 11.8. The van der Waals surface area contributed by atoms with Crippen molar-refractivity contribution < 1.29 is 4.74 Å². The van der Waals surface area contributed by atoms with Gasteiger partial charge >= 0.3 is 0 Å². The average molecular weight is 331 g/mol. The molecule has 0 bridgehead atoms. The lowest BCUT2D eigenvalue weighted by atomic mass is 10.0. The van der Waals surface area contributed by atoms with E-state index in [1.807, 2.05) is 24.3 Å². The quantitative estimate of drug-likeness (QED) is 0.488. The highest BCUT2D eigenvalue weighted by Crippen LogP contribution is 2.35. The van der Waals surface area contributed by atoms with Crippen LogP contribution >= 0.6 is 11.3 Å². The number of thiazole rings is 1. The SMILES string of the molecule is COc1cc2sc(-c3ccccc3)nc2cc1Cc1ccccc1. The van der Waals surface area contributed by atoms with Gasteiger partial charge in [0.2, 0.25) is 0 Å². The van der Waals surface area contributed by atoms with Gasteiger partial charge in [0.25, 0.3) is 0 Å². The molecular weight excluding hydrogens is 314 g/mol. The third-order valence-corrected chi connectivity index (χ3v) is 5.12. The number of fused-ring (bicyclic) bond motifs is 1. The Balaban J connectivity index is 1.77. The van der Waals surface area contributed by atoms with Crippen LogP contribution in [-0.2, 0) is 6.42 Å². The van der Waals surface area contributed by atoms with E-state index in [0.29, 0.717) is 0 Å². The molecule has 0 saturated carbocycles. The zero-order chi connectivity index (χ0) is 16.4. The number of benzene rings is 3. The molecule has 4 aromatic rings. The molecule has 0 radical (unpaired) electrons. The normalized spacial score (nSPS) is 10.9. The minimum absolute atomic E-state index is 0.845. The van der Waals surface area contributed by atoms with Crippen molar-refractivity contribution in [3.8, 4) is 16.3 Å². The molecule has 118 valence electrons. The number of aromatic nitrogens is 1. The Morgan fingerprint density at radius 3 is 2.33 bits per heavy atom. The summed E-state index contributed by atoms with van der Waals surface area (Å²) in [7, 11) is 1.73. The molecule has 0 atom stereocenters. The molecule has 0 amide bonds. The van der Waals surface area contributed by atoms with Gasteiger partial charge in [-0.15, -0.1) is 11.3 Å². The van der Waals surface area contributed by atoms with E-state index in [1.165, 1.54) is 11.1 Å². The van der Waals surface area contributed by atoms with E-state index in [1.54, 1.807) is 18.4 Å². The molecule has 2 nitrogen and oxygen atoms in total. The molecule has 4 rings (SSSR count). The fourth-order valence-electron chi connectivity index (χ4n) is 2.85. The fourth-order valence-corrected chi connectivity index (χ4v) is 3.83. The summed E-state index contributed by atoms with van der Waals surface area (Å²) in [5.41, 5.74) is 4.63. The molecule has 3 aromatic carbocycles. The van der Waals surface area contributed by atoms with E-state index in [2.05, 4.69) is 48.5 Å². The van der Waals surface area contributed by atoms with E-state index in [4.69, 9.17) is 9.72 Å². The minimum Gasteiger partial charge on any atom is -0.496 e. The molecule has 1 heterocycles. The van der Waals surface area contributed by atoms with E-state index < -0.39 is 0 Å². The smallest absolute Gasteiger partial charge is 0.124 e. The van der Waals surface area contributed by atoms with Crippen LogP contribution in [0.4, 0.5) is 0 Å². The highest BCUT2D eigenvalue weighted by Gasteiger charge is 2.11. The van der Waals surface area contributed by atoms with Gasteiger partial charge < -0.3 is 4.74 Å². The molecule has 0 spiro atoms. The van der Waals surface area contributed by atoms with Gasteiger partial charge in [-0.25, -0.2) is 4.98 Å². The fraction of sp³-hybridized carbons (Fsp3) is 0.0952. The number of hydrogen-bond donors (Lipinski definition) is 0. The minimum atomic E-state index is 0.845. The summed E-state index contributed by atoms with van der Waals surface area (Å²) in [4.78, 5) is 4.82. The Labute approximate surface area is 145 Å². The highest BCUT2D eigenvalue weighted by molar-refractivity contribution is 7.21. The zero-order valence-corrected chi connectivity index (χ0v) is 14.2. The maximum atomic E-state index is 5.62. The first-order valence-corrected chi connectivity index (χ1v) is 8.72. The second-order valence-corrected chi connectivity index (χ2v) is 6.71. The lowest BCUT2D eigenvalue weighted by Crippen LogP contribution is -1.93. The highest BCUT2D eigenvalue weighted by atomic mass is 32.1. The van der Waals surface area contributed by atoms with E-state index >= 15 is 0 Å². The van der Waals surface area contributed by atoms with Gasteiger partial charge in [0.1, 0.15) is 10.8 Å². The van der Waals surface area contributed by atoms with Crippen LogP contribution in [0, 0.1) is 0 Å². The molecule has 24 heavy (non-hydrogen) atoms. The second-order valence-electron chi connectivity index (χ2n) is 5.68. The largest absolute Gasteiger partial charge is 0.496 e. The summed E-state index contributed by atoms with van der Waals surface area (Å²) < 4.78 is 6.77. The third kappa shape index (κ3) is 2.91. The Kier molecular flexibility index (Phi) is 4.01. The van der Waals surface area contributed by atoms with E-state index in [-0.39, 0.29) is 0 Å². The molecule has 0 saturated heterocycles. The summed E-state index contributed by atoms with van der Waals surface area (Å²) >= 11 is 1.70. The summed E-state index contributed by atoms with van der Waals surface area (Å²) in [6, 6.07) is 25.0. The van der Waals surface area contributed by atoms with Gasteiger partial charge in [-0.2, -0.15) is 0 Å². The Hall–Kier alpha value is -2.65. The lowest BCUT2D eigenvalue weighted by molar-refractivity contribution is 0.411. The van der Waals surface area contributed by atoms with Crippen molar-refractivity contribution in [2.75, 3.05) is 7.11 Å². The van der Waals surface area contributed by atoms with Crippen molar-refractivity contribution >= 4 is 21.6 Å². The summed E-state index contributed by atoms with van der Waals surface area (Å²) in [6.45, 7) is 0. The summed E-state index contributed by atoms with van der Waals surface area (Å²) in [5.74, 6) is 0.926. The molecular formula is C21H17NOS. The Morgan fingerprint density at radius 2 is 1.62 bits per heavy atom. The van der Waals surface area contributed by atoms with Gasteiger partial charge in [-0.1, -0.05) is 60.7 Å². The van der Waals surface area contributed by atoms with Gasteiger partial charge in [0, 0.05) is 17.5 Å². The van der Waals surface area contributed by atoms with Crippen LogP contribution in [0.1, 0.15) is 11.1 Å². The predicted molar refractivity (Wildman–Crippen MR) is 101 cm³/mol. The third-order valence-electron chi connectivity index (χ3n) is 4.05. The number of ether oxygens (including phenoxy) is 1. The Morgan fingerprint density at radius 1 is 0.917 bits per heavy atom. The van der Waals surface area contributed by atoms with Crippen molar-refractivity contribution in [1.29, 1.82) is 0 Å². The molecule has 0 unspecified atom stereocenters. The maximum absolute atomic E-state index is 5.62. The van der Waals surface area contributed by atoms with Crippen LogP contribution in [0.5, 0.6) is 5.75 Å². The average Bonchev–Trinajstić information content (AvgIpc) is 3.05.